The molecule has 0 aromatic carbocycles. The number of aromatic nitrogens is 2. The number of rotatable bonds is 3. The van der Waals surface area contributed by atoms with Gasteiger partial charge < -0.3 is 9.67 Å². The predicted octanol–water partition coefficient (Wildman–Crippen LogP) is 2.80. The Labute approximate surface area is 104 Å². The van der Waals surface area contributed by atoms with Crippen LogP contribution in [0.1, 0.15) is 51.9 Å². The lowest BCUT2D eigenvalue weighted by Crippen LogP contribution is -2.33. The van der Waals surface area contributed by atoms with E-state index in [4.69, 9.17) is 0 Å². The van der Waals surface area contributed by atoms with Gasteiger partial charge in [-0.2, -0.15) is 0 Å². The zero-order valence-electron chi connectivity index (χ0n) is 11.1. The molecule has 3 heteroatoms. The van der Waals surface area contributed by atoms with Gasteiger partial charge >= 0.3 is 0 Å². The van der Waals surface area contributed by atoms with Crippen LogP contribution in [-0.2, 0) is 6.42 Å². The fraction of sp³-hybridized carbons (Fsp3) is 0.786. The van der Waals surface area contributed by atoms with Crippen LogP contribution < -0.4 is 0 Å². The summed E-state index contributed by atoms with van der Waals surface area (Å²) in [6.07, 6.45) is 7.77. The van der Waals surface area contributed by atoms with Crippen LogP contribution in [-0.4, -0.2) is 20.8 Å². The Morgan fingerprint density at radius 1 is 1.47 bits per heavy atom. The van der Waals surface area contributed by atoms with Gasteiger partial charge in [-0.3, -0.25) is 0 Å². The number of imidazole rings is 1. The van der Waals surface area contributed by atoms with Gasteiger partial charge in [-0.25, -0.2) is 4.98 Å². The Hall–Kier alpha value is -0.830. The number of hydrogen-bond donors (Lipinski definition) is 1. The normalized spacial score (nSPS) is 29.8. The second-order valence-corrected chi connectivity index (χ2v) is 5.56. The summed E-state index contributed by atoms with van der Waals surface area (Å²) in [5, 5.41) is 10.2. The number of aliphatic hydroxyl groups excluding tert-OH is 1. The van der Waals surface area contributed by atoms with Crippen molar-refractivity contribution in [3.8, 4) is 0 Å². The third-order valence-electron chi connectivity index (χ3n) is 4.19. The Morgan fingerprint density at radius 2 is 2.24 bits per heavy atom. The zero-order chi connectivity index (χ0) is 12.4. The van der Waals surface area contributed by atoms with E-state index in [9.17, 15) is 5.11 Å². The lowest BCUT2D eigenvalue weighted by atomic mass is 9.78. The van der Waals surface area contributed by atoms with Crippen LogP contribution in [0.5, 0.6) is 0 Å². The predicted molar refractivity (Wildman–Crippen MR) is 68.8 cm³/mol. The summed E-state index contributed by atoms with van der Waals surface area (Å²) in [5.74, 6) is 2.53. The smallest absolute Gasteiger partial charge is 0.108 e. The van der Waals surface area contributed by atoms with Gasteiger partial charge in [-0.05, 0) is 31.1 Å². The molecular formula is C14H24N2O. The lowest BCUT2D eigenvalue weighted by Gasteiger charge is -2.36. The summed E-state index contributed by atoms with van der Waals surface area (Å²) in [5.41, 5.74) is 0. The maximum atomic E-state index is 10.2. The number of hydrogen-bond acceptors (Lipinski definition) is 2. The third kappa shape index (κ3) is 2.54. The summed E-state index contributed by atoms with van der Waals surface area (Å²) in [6, 6.07) is 0.230. The Morgan fingerprint density at radius 3 is 2.88 bits per heavy atom. The topological polar surface area (TPSA) is 38.0 Å². The van der Waals surface area contributed by atoms with Crippen molar-refractivity contribution in [1.29, 1.82) is 0 Å². The molecule has 96 valence electrons. The van der Waals surface area contributed by atoms with E-state index in [-0.39, 0.29) is 12.1 Å². The molecule has 1 aliphatic carbocycles. The Kier molecular flexibility index (Phi) is 3.87. The summed E-state index contributed by atoms with van der Waals surface area (Å²) in [6.45, 7) is 6.69. The van der Waals surface area contributed by atoms with E-state index < -0.39 is 0 Å². The molecule has 17 heavy (non-hydrogen) atoms. The average Bonchev–Trinajstić information content (AvgIpc) is 2.77. The van der Waals surface area contributed by atoms with Gasteiger partial charge in [0.05, 0.1) is 12.1 Å². The van der Waals surface area contributed by atoms with E-state index in [0.29, 0.717) is 5.92 Å². The minimum Gasteiger partial charge on any atom is -0.391 e. The summed E-state index contributed by atoms with van der Waals surface area (Å²) in [4.78, 5) is 4.37. The van der Waals surface area contributed by atoms with Crippen molar-refractivity contribution in [3.05, 3.63) is 18.2 Å². The molecule has 1 aromatic rings. The molecule has 2 rings (SSSR count). The van der Waals surface area contributed by atoms with E-state index in [1.165, 1.54) is 0 Å². The summed E-state index contributed by atoms with van der Waals surface area (Å²) < 4.78 is 2.19. The van der Waals surface area contributed by atoms with E-state index >= 15 is 0 Å². The Bertz CT molecular complexity index is 359. The van der Waals surface area contributed by atoms with Crippen LogP contribution in [0.3, 0.4) is 0 Å². The minimum absolute atomic E-state index is 0.204. The second kappa shape index (κ2) is 5.21. The molecule has 0 bridgehead atoms. The quantitative estimate of drug-likeness (QED) is 0.876. The van der Waals surface area contributed by atoms with Crippen LogP contribution in [0, 0.1) is 11.8 Å². The maximum absolute atomic E-state index is 10.2. The van der Waals surface area contributed by atoms with Gasteiger partial charge in [0.15, 0.2) is 0 Å². The molecule has 3 atom stereocenters. The van der Waals surface area contributed by atoms with Crippen molar-refractivity contribution in [2.45, 2.75) is 58.6 Å². The highest BCUT2D eigenvalue weighted by Crippen LogP contribution is 2.37. The number of aliphatic hydroxyl groups is 1. The third-order valence-corrected chi connectivity index (χ3v) is 4.19. The van der Waals surface area contributed by atoms with E-state index in [2.05, 4.69) is 30.3 Å². The van der Waals surface area contributed by atoms with Crippen molar-refractivity contribution >= 4 is 0 Å². The van der Waals surface area contributed by atoms with Gasteiger partial charge in [0.2, 0.25) is 0 Å². The first-order valence-electron chi connectivity index (χ1n) is 6.83. The average molecular weight is 236 g/mol. The van der Waals surface area contributed by atoms with Crippen LogP contribution in [0.2, 0.25) is 0 Å². The molecule has 1 fully saturated rings. The van der Waals surface area contributed by atoms with E-state index in [1.54, 1.807) is 0 Å². The molecule has 1 aromatic heterocycles. The largest absolute Gasteiger partial charge is 0.391 e. The standard InChI is InChI=1S/C14H24N2O/c1-4-14-15-7-8-16(14)12-9-11(10(2)3)5-6-13(12)17/h7-8,10-13,17H,4-6,9H2,1-3H3. The van der Waals surface area contributed by atoms with E-state index in [1.807, 2.05) is 12.4 Å². The van der Waals surface area contributed by atoms with Crippen LogP contribution in [0.15, 0.2) is 12.4 Å². The fourth-order valence-electron chi connectivity index (χ4n) is 2.99. The molecule has 0 amide bonds. The lowest BCUT2D eigenvalue weighted by molar-refractivity contribution is 0.0425. The zero-order valence-corrected chi connectivity index (χ0v) is 11.1. The maximum Gasteiger partial charge on any atom is 0.108 e. The summed E-state index contributed by atoms with van der Waals surface area (Å²) >= 11 is 0. The van der Waals surface area contributed by atoms with Gasteiger partial charge in [-0.1, -0.05) is 20.8 Å². The van der Waals surface area contributed by atoms with Gasteiger partial charge in [0.1, 0.15) is 5.82 Å². The first-order chi connectivity index (χ1) is 8.13. The van der Waals surface area contributed by atoms with Crippen molar-refractivity contribution in [1.82, 2.24) is 9.55 Å². The molecule has 1 aliphatic rings. The van der Waals surface area contributed by atoms with Crippen molar-refractivity contribution in [3.63, 3.8) is 0 Å². The van der Waals surface area contributed by atoms with Crippen LogP contribution in [0.25, 0.3) is 0 Å². The van der Waals surface area contributed by atoms with Crippen molar-refractivity contribution in [2.75, 3.05) is 0 Å². The van der Waals surface area contributed by atoms with Crippen LogP contribution >= 0.6 is 0 Å². The first-order valence-corrected chi connectivity index (χ1v) is 6.83. The molecule has 1 N–H and O–H groups in total. The van der Waals surface area contributed by atoms with Crippen molar-refractivity contribution in [2.24, 2.45) is 11.8 Å². The van der Waals surface area contributed by atoms with E-state index in [0.717, 1.165) is 37.4 Å². The minimum atomic E-state index is -0.204. The SMILES string of the molecule is CCc1nccn1C1CC(C(C)C)CCC1O. The molecule has 0 saturated heterocycles. The molecule has 3 unspecified atom stereocenters. The molecule has 1 heterocycles. The molecule has 0 spiro atoms. The monoisotopic (exact) mass is 236 g/mol. The summed E-state index contributed by atoms with van der Waals surface area (Å²) in [7, 11) is 0. The fourth-order valence-corrected chi connectivity index (χ4v) is 2.99. The van der Waals surface area contributed by atoms with Gasteiger partial charge in [0, 0.05) is 18.8 Å². The van der Waals surface area contributed by atoms with Crippen molar-refractivity contribution < 1.29 is 5.11 Å². The molecule has 1 saturated carbocycles. The molecule has 3 nitrogen and oxygen atoms in total. The molecule has 0 aliphatic heterocycles. The highest BCUT2D eigenvalue weighted by Gasteiger charge is 2.32. The Balaban J connectivity index is 2.18. The number of nitrogens with zero attached hydrogens (tertiary/aromatic N) is 2. The highest BCUT2D eigenvalue weighted by molar-refractivity contribution is 4.98. The van der Waals surface area contributed by atoms with Gasteiger partial charge in [-0.15, -0.1) is 0 Å². The molecular weight excluding hydrogens is 212 g/mol. The first kappa shape index (κ1) is 12.6. The number of aryl methyl sites for hydroxylation is 1. The van der Waals surface area contributed by atoms with Gasteiger partial charge in [0.25, 0.3) is 0 Å². The highest BCUT2D eigenvalue weighted by atomic mass is 16.3. The van der Waals surface area contributed by atoms with Crippen LogP contribution in [0.4, 0.5) is 0 Å². The second-order valence-electron chi connectivity index (χ2n) is 5.56. The molecule has 0 radical (unpaired) electrons.